The zero-order valence-electron chi connectivity index (χ0n) is 7.80. The number of carbonyl (C=O) groups excluding carboxylic acids is 1. The smallest absolute Gasteiger partial charge is 0.326 e. The van der Waals surface area contributed by atoms with E-state index in [0.717, 1.165) is 0 Å². The molecule has 7 heteroatoms. The number of aliphatic carboxylic acids is 1. The van der Waals surface area contributed by atoms with Gasteiger partial charge in [-0.25, -0.2) is 4.79 Å². The van der Waals surface area contributed by atoms with Crippen molar-refractivity contribution in [2.45, 2.75) is 12.5 Å². The van der Waals surface area contributed by atoms with Crippen LogP contribution in [0.3, 0.4) is 0 Å². The number of carboxylic acids is 1. The third-order valence-electron chi connectivity index (χ3n) is 1.65. The summed E-state index contributed by atoms with van der Waals surface area (Å²) in [6, 6.07) is -0.994. The predicted molar refractivity (Wildman–Crippen MR) is 50.1 cm³/mol. The van der Waals surface area contributed by atoms with E-state index in [1.54, 1.807) is 0 Å². The number of amides is 1. The minimum Gasteiger partial charge on any atom is -0.480 e. The molecule has 0 radical (unpaired) electrons. The molecule has 80 valence electrons. The SMILES string of the molecule is C=CCC(NC(=O)c1cn[nH]n1)C(=O)O. The van der Waals surface area contributed by atoms with Crippen LogP contribution in [0, 0.1) is 0 Å². The van der Waals surface area contributed by atoms with Gasteiger partial charge in [0.2, 0.25) is 0 Å². The lowest BCUT2D eigenvalue weighted by molar-refractivity contribution is -0.139. The number of nitrogens with zero attached hydrogens (tertiary/aromatic N) is 2. The van der Waals surface area contributed by atoms with Gasteiger partial charge in [-0.3, -0.25) is 4.79 Å². The van der Waals surface area contributed by atoms with Crippen molar-refractivity contribution in [2.75, 3.05) is 0 Å². The Morgan fingerprint density at radius 1 is 1.73 bits per heavy atom. The molecular weight excluding hydrogens is 200 g/mol. The fraction of sp³-hybridized carbons (Fsp3) is 0.250. The first-order chi connectivity index (χ1) is 7.15. The van der Waals surface area contributed by atoms with E-state index in [-0.39, 0.29) is 12.1 Å². The van der Waals surface area contributed by atoms with Crippen molar-refractivity contribution in [3.05, 3.63) is 24.5 Å². The normalized spacial score (nSPS) is 11.7. The largest absolute Gasteiger partial charge is 0.480 e. The van der Waals surface area contributed by atoms with Crippen LogP contribution in [0.15, 0.2) is 18.9 Å². The van der Waals surface area contributed by atoms with E-state index in [0.29, 0.717) is 0 Å². The van der Waals surface area contributed by atoms with Gasteiger partial charge in [0.25, 0.3) is 5.91 Å². The van der Waals surface area contributed by atoms with Gasteiger partial charge in [-0.15, -0.1) is 6.58 Å². The molecule has 1 atom stereocenters. The molecule has 1 amide bonds. The molecule has 0 aliphatic rings. The fourth-order valence-electron chi connectivity index (χ4n) is 0.931. The van der Waals surface area contributed by atoms with Crippen molar-refractivity contribution in [2.24, 2.45) is 0 Å². The summed E-state index contributed by atoms with van der Waals surface area (Å²) in [7, 11) is 0. The maximum Gasteiger partial charge on any atom is 0.326 e. The van der Waals surface area contributed by atoms with Gasteiger partial charge in [-0.05, 0) is 6.42 Å². The van der Waals surface area contributed by atoms with Gasteiger partial charge in [0, 0.05) is 0 Å². The van der Waals surface area contributed by atoms with E-state index in [1.165, 1.54) is 12.3 Å². The van der Waals surface area contributed by atoms with Crippen molar-refractivity contribution in [3.63, 3.8) is 0 Å². The van der Waals surface area contributed by atoms with Crippen LogP contribution in [0.25, 0.3) is 0 Å². The van der Waals surface area contributed by atoms with Crippen molar-refractivity contribution in [1.29, 1.82) is 0 Å². The first kappa shape index (κ1) is 10.9. The van der Waals surface area contributed by atoms with Crippen LogP contribution in [0.5, 0.6) is 0 Å². The highest BCUT2D eigenvalue weighted by Crippen LogP contribution is 1.96. The maximum atomic E-state index is 11.4. The van der Waals surface area contributed by atoms with Crippen LogP contribution >= 0.6 is 0 Å². The van der Waals surface area contributed by atoms with Crippen LogP contribution in [0.2, 0.25) is 0 Å². The molecule has 1 rings (SSSR count). The van der Waals surface area contributed by atoms with E-state index < -0.39 is 17.9 Å². The van der Waals surface area contributed by atoms with Crippen molar-refractivity contribution < 1.29 is 14.7 Å². The van der Waals surface area contributed by atoms with E-state index in [9.17, 15) is 9.59 Å². The van der Waals surface area contributed by atoms with Gasteiger partial charge in [-0.2, -0.15) is 15.4 Å². The minimum absolute atomic E-state index is 0.0466. The number of carboxylic acid groups (broad SMARTS) is 1. The second kappa shape index (κ2) is 4.89. The van der Waals surface area contributed by atoms with Gasteiger partial charge in [0.15, 0.2) is 5.69 Å². The Morgan fingerprint density at radius 3 is 2.93 bits per heavy atom. The summed E-state index contributed by atoms with van der Waals surface area (Å²) >= 11 is 0. The molecule has 0 saturated carbocycles. The number of hydrogen-bond acceptors (Lipinski definition) is 4. The molecule has 0 aliphatic carbocycles. The Kier molecular flexibility index (Phi) is 3.55. The number of H-pyrrole nitrogens is 1. The summed E-state index contributed by atoms with van der Waals surface area (Å²) < 4.78 is 0. The summed E-state index contributed by atoms with van der Waals surface area (Å²) in [4.78, 5) is 22.1. The molecule has 15 heavy (non-hydrogen) atoms. The molecule has 0 aliphatic heterocycles. The summed E-state index contributed by atoms with van der Waals surface area (Å²) in [5.41, 5.74) is 0.0466. The van der Waals surface area contributed by atoms with Crippen LogP contribution in [0.1, 0.15) is 16.9 Å². The topological polar surface area (TPSA) is 108 Å². The first-order valence-electron chi connectivity index (χ1n) is 4.15. The van der Waals surface area contributed by atoms with Crippen molar-refractivity contribution in [3.8, 4) is 0 Å². The highest BCUT2D eigenvalue weighted by Gasteiger charge is 2.20. The highest BCUT2D eigenvalue weighted by atomic mass is 16.4. The molecule has 1 aromatic heterocycles. The first-order valence-corrected chi connectivity index (χ1v) is 4.15. The lowest BCUT2D eigenvalue weighted by Gasteiger charge is -2.10. The van der Waals surface area contributed by atoms with Gasteiger partial charge >= 0.3 is 5.97 Å². The Balaban J connectivity index is 2.62. The third kappa shape index (κ3) is 2.90. The zero-order chi connectivity index (χ0) is 11.3. The van der Waals surface area contributed by atoms with Gasteiger partial charge in [0.1, 0.15) is 6.04 Å². The average Bonchev–Trinajstić information content (AvgIpc) is 2.69. The van der Waals surface area contributed by atoms with E-state index in [1.807, 2.05) is 0 Å². The molecule has 1 heterocycles. The van der Waals surface area contributed by atoms with Gasteiger partial charge in [0.05, 0.1) is 6.20 Å². The Labute approximate surface area is 85.2 Å². The molecule has 7 nitrogen and oxygen atoms in total. The monoisotopic (exact) mass is 210 g/mol. The molecule has 0 saturated heterocycles. The Morgan fingerprint density at radius 2 is 2.47 bits per heavy atom. The number of rotatable bonds is 5. The lowest BCUT2D eigenvalue weighted by atomic mass is 10.2. The molecule has 0 spiro atoms. The number of carbonyl (C=O) groups is 2. The van der Waals surface area contributed by atoms with Crippen molar-refractivity contribution >= 4 is 11.9 Å². The molecule has 1 aromatic rings. The van der Waals surface area contributed by atoms with E-state index >= 15 is 0 Å². The Hall–Kier alpha value is -2.18. The molecule has 1 unspecified atom stereocenters. The fourth-order valence-corrected chi connectivity index (χ4v) is 0.931. The Bertz CT molecular complexity index is 360. The highest BCUT2D eigenvalue weighted by molar-refractivity contribution is 5.94. The van der Waals surface area contributed by atoms with Crippen LogP contribution < -0.4 is 5.32 Å². The molecule has 0 aromatic carbocycles. The number of aromatic amines is 1. The molecule has 3 N–H and O–H groups in total. The van der Waals surface area contributed by atoms with Gasteiger partial charge < -0.3 is 10.4 Å². The number of aromatic nitrogens is 3. The summed E-state index contributed by atoms with van der Waals surface area (Å²) in [6.45, 7) is 3.40. The molecule has 0 bridgehead atoms. The quantitative estimate of drug-likeness (QED) is 0.571. The number of nitrogens with one attached hydrogen (secondary N) is 2. The second-order valence-electron chi connectivity index (χ2n) is 2.74. The zero-order valence-corrected chi connectivity index (χ0v) is 7.80. The second-order valence-corrected chi connectivity index (χ2v) is 2.74. The van der Waals surface area contributed by atoms with Crippen LogP contribution in [-0.4, -0.2) is 38.4 Å². The molecule has 0 fully saturated rings. The standard InChI is InChI=1S/C8H10N4O3/c1-2-3-5(8(14)15)10-7(13)6-4-9-12-11-6/h2,4-5H,1,3H2,(H,10,13)(H,14,15)(H,9,11,12). The van der Waals surface area contributed by atoms with Crippen LogP contribution in [-0.2, 0) is 4.79 Å². The lowest BCUT2D eigenvalue weighted by Crippen LogP contribution is -2.40. The number of hydrogen-bond donors (Lipinski definition) is 3. The maximum absolute atomic E-state index is 11.4. The van der Waals surface area contributed by atoms with E-state index in [4.69, 9.17) is 5.11 Å². The summed E-state index contributed by atoms with van der Waals surface area (Å²) in [5, 5.41) is 20.2. The predicted octanol–water partition coefficient (Wildman–Crippen LogP) is -0.436. The van der Waals surface area contributed by atoms with Crippen molar-refractivity contribution in [1.82, 2.24) is 20.7 Å². The summed E-state index contributed by atoms with van der Waals surface area (Å²) in [5.74, 6) is -1.70. The third-order valence-corrected chi connectivity index (χ3v) is 1.65. The van der Waals surface area contributed by atoms with E-state index in [2.05, 4.69) is 27.3 Å². The molecular formula is C8H10N4O3. The summed E-state index contributed by atoms with van der Waals surface area (Å²) in [6.07, 6.45) is 2.78. The average molecular weight is 210 g/mol. The van der Waals surface area contributed by atoms with Crippen LogP contribution in [0.4, 0.5) is 0 Å². The van der Waals surface area contributed by atoms with Gasteiger partial charge in [-0.1, -0.05) is 6.08 Å². The minimum atomic E-state index is -1.12.